The Morgan fingerprint density at radius 2 is 1.40 bits per heavy atom. The summed E-state index contributed by atoms with van der Waals surface area (Å²) in [4.78, 5) is 4.96. The van der Waals surface area contributed by atoms with Crippen LogP contribution in [0.4, 0.5) is 5.69 Å². The molecule has 0 bridgehead atoms. The zero-order valence-electron chi connectivity index (χ0n) is 17.6. The molecule has 0 aliphatic carbocycles. The molecule has 0 radical (unpaired) electrons. The molecule has 156 valence electrons. The summed E-state index contributed by atoms with van der Waals surface area (Å²) in [7, 11) is 1.74. The maximum Gasteiger partial charge on any atom is 0.142 e. The summed E-state index contributed by atoms with van der Waals surface area (Å²) >= 11 is 0. The average molecular weight is 403 g/mol. The lowest BCUT2D eigenvalue weighted by molar-refractivity contribution is 0.160. The molecule has 1 fully saturated rings. The lowest BCUT2D eigenvalue weighted by Crippen LogP contribution is -2.47. The molecule has 4 nitrogen and oxygen atoms in total. The van der Waals surface area contributed by atoms with Crippen molar-refractivity contribution in [3.05, 3.63) is 90.5 Å². The zero-order valence-corrected chi connectivity index (χ0v) is 17.6. The van der Waals surface area contributed by atoms with E-state index in [-0.39, 0.29) is 6.10 Å². The van der Waals surface area contributed by atoms with Crippen molar-refractivity contribution in [3.63, 3.8) is 0 Å². The van der Waals surface area contributed by atoms with Gasteiger partial charge in [0.05, 0.1) is 12.8 Å². The van der Waals surface area contributed by atoms with Crippen LogP contribution >= 0.6 is 0 Å². The van der Waals surface area contributed by atoms with Gasteiger partial charge in [0.1, 0.15) is 17.6 Å². The van der Waals surface area contributed by atoms with Gasteiger partial charge in [-0.2, -0.15) is 0 Å². The first kappa shape index (κ1) is 20.3. The molecule has 1 heterocycles. The molecule has 0 aromatic heterocycles. The van der Waals surface area contributed by atoms with E-state index in [1.54, 1.807) is 7.11 Å². The molecular formula is C26H30N2O2. The summed E-state index contributed by atoms with van der Waals surface area (Å²) in [6, 6.07) is 29.0. The fourth-order valence-electron chi connectivity index (χ4n) is 4.03. The molecule has 1 unspecified atom stereocenters. The molecule has 0 spiro atoms. The third-order valence-electron chi connectivity index (χ3n) is 5.70. The Hall–Kier alpha value is -2.98. The van der Waals surface area contributed by atoms with Crippen molar-refractivity contribution in [1.29, 1.82) is 0 Å². The Morgan fingerprint density at radius 1 is 0.767 bits per heavy atom. The molecule has 0 amide bonds. The highest BCUT2D eigenvalue weighted by Crippen LogP contribution is 2.29. The van der Waals surface area contributed by atoms with Crippen LogP contribution in [0, 0.1) is 0 Å². The molecule has 30 heavy (non-hydrogen) atoms. The lowest BCUT2D eigenvalue weighted by Gasteiger charge is -2.37. The number of hydrogen-bond acceptors (Lipinski definition) is 4. The minimum Gasteiger partial charge on any atom is -0.495 e. The lowest BCUT2D eigenvalue weighted by atomic mass is 10.1. The fourth-order valence-corrected chi connectivity index (χ4v) is 4.03. The predicted molar refractivity (Wildman–Crippen MR) is 123 cm³/mol. The van der Waals surface area contributed by atoms with E-state index in [0.717, 1.165) is 50.6 Å². The zero-order chi connectivity index (χ0) is 20.6. The number of benzene rings is 3. The smallest absolute Gasteiger partial charge is 0.142 e. The van der Waals surface area contributed by atoms with Crippen molar-refractivity contribution in [2.75, 3.05) is 44.7 Å². The van der Waals surface area contributed by atoms with Crippen LogP contribution < -0.4 is 14.4 Å². The van der Waals surface area contributed by atoms with Crippen molar-refractivity contribution in [1.82, 2.24) is 4.90 Å². The standard InChI is InChI=1S/C26H30N2O2/c1-29-26-15-9-8-14-24(26)28-20-18-27(19-21-28)17-16-25(22-10-4-2-5-11-22)30-23-12-6-3-7-13-23/h2-15,25H,16-21H2,1H3. The molecule has 1 aliphatic heterocycles. The van der Waals surface area contributed by atoms with Crippen molar-refractivity contribution in [2.24, 2.45) is 0 Å². The quantitative estimate of drug-likeness (QED) is 0.528. The van der Waals surface area contributed by atoms with Crippen LogP contribution in [-0.2, 0) is 0 Å². The highest BCUT2D eigenvalue weighted by molar-refractivity contribution is 5.58. The Bertz CT molecular complexity index is 893. The van der Waals surface area contributed by atoms with Gasteiger partial charge >= 0.3 is 0 Å². The second-order valence-electron chi connectivity index (χ2n) is 7.62. The second kappa shape index (κ2) is 10.2. The maximum atomic E-state index is 6.36. The van der Waals surface area contributed by atoms with E-state index in [1.165, 1.54) is 11.3 Å². The summed E-state index contributed by atoms with van der Waals surface area (Å²) in [6.45, 7) is 5.13. The summed E-state index contributed by atoms with van der Waals surface area (Å²) < 4.78 is 11.9. The van der Waals surface area contributed by atoms with Gasteiger partial charge in [0.25, 0.3) is 0 Å². The first-order chi connectivity index (χ1) is 14.8. The number of rotatable bonds is 8. The molecule has 3 aromatic carbocycles. The molecule has 0 saturated carbocycles. The summed E-state index contributed by atoms with van der Waals surface area (Å²) in [5.41, 5.74) is 2.42. The maximum absolute atomic E-state index is 6.36. The Kier molecular flexibility index (Phi) is 6.88. The Labute approximate surface area is 179 Å². The molecule has 1 aliphatic rings. The van der Waals surface area contributed by atoms with E-state index < -0.39 is 0 Å². The van der Waals surface area contributed by atoms with Gasteiger partial charge in [-0.05, 0) is 29.8 Å². The third kappa shape index (κ3) is 5.14. The number of methoxy groups -OCH3 is 1. The summed E-state index contributed by atoms with van der Waals surface area (Å²) in [5.74, 6) is 1.87. The number of nitrogens with zero attached hydrogens (tertiary/aromatic N) is 2. The SMILES string of the molecule is COc1ccccc1N1CCN(CCC(Oc2ccccc2)c2ccccc2)CC1. The molecule has 1 atom stereocenters. The number of para-hydroxylation sites is 3. The van der Waals surface area contributed by atoms with Gasteiger partial charge in [0, 0.05) is 39.1 Å². The van der Waals surface area contributed by atoms with Crippen molar-refractivity contribution >= 4 is 5.69 Å². The van der Waals surface area contributed by atoms with E-state index in [1.807, 2.05) is 42.5 Å². The molecule has 4 heteroatoms. The summed E-state index contributed by atoms with van der Waals surface area (Å²) in [5, 5.41) is 0. The van der Waals surface area contributed by atoms with Gasteiger partial charge in [0.2, 0.25) is 0 Å². The van der Waals surface area contributed by atoms with Crippen molar-refractivity contribution < 1.29 is 9.47 Å². The first-order valence-corrected chi connectivity index (χ1v) is 10.7. The van der Waals surface area contributed by atoms with Crippen LogP contribution in [0.25, 0.3) is 0 Å². The summed E-state index contributed by atoms with van der Waals surface area (Å²) in [6.07, 6.45) is 1.02. The molecule has 0 N–H and O–H groups in total. The van der Waals surface area contributed by atoms with Gasteiger partial charge < -0.3 is 14.4 Å². The van der Waals surface area contributed by atoms with E-state index in [9.17, 15) is 0 Å². The number of hydrogen-bond donors (Lipinski definition) is 0. The largest absolute Gasteiger partial charge is 0.495 e. The first-order valence-electron chi connectivity index (χ1n) is 10.7. The van der Waals surface area contributed by atoms with Gasteiger partial charge in [-0.1, -0.05) is 60.7 Å². The number of anilines is 1. The van der Waals surface area contributed by atoms with Crippen molar-refractivity contribution in [3.8, 4) is 11.5 Å². The molecular weight excluding hydrogens is 372 g/mol. The van der Waals surface area contributed by atoms with E-state index in [4.69, 9.17) is 9.47 Å². The van der Waals surface area contributed by atoms with Crippen LogP contribution in [0.2, 0.25) is 0 Å². The second-order valence-corrected chi connectivity index (χ2v) is 7.62. The van der Waals surface area contributed by atoms with Gasteiger partial charge in [0.15, 0.2) is 0 Å². The predicted octanol–water partition coefficient (Wildman–Crippen LogP) is 5.03. The number of piperazine rings is 1. The fraction of sp³-hybridized carbons (Fsp3) is 0.308. The van der Waals surface area contributed by atoms with E-state index in [0.29, 0.717) is 0 Å². The Morgan fingerprint density at radius 3 is 2.10 bits per heavy atom. The van der Waals surface area contributed by atoms with E-state index in [2.05, 4.69) is 52.3 Å². The highest BCUT2D eigenvalue weighted by atomic mass is 16.5. The Balaban J connectivity index is 1.35. The molecule has 1 saturated heterocycles. The van der Waals surface area contributed by atoms with Gasteiger partial charge in [-0.3, -0.25) is 4.90 Å². The van der Waals surface area contributed by atoms with Crippen LogP contribution in [0.1, 0.15) is 18.1 Å². The van der Waals surface area contributed by atoms with Crippen molar-refractivity contribution in [2.45, 2.75) is 12.5 Å². The van der Waals surface area contributed by atoms with Gasteiger partial charge in [-0.15, -0.1) is 0 Å². The highest BCUT2D eigenvalue weighted by Gasteiger charge is 2.21. The minimum atomic E-state index is 0.0563. The van der Waals surface area contributed by atoms with Crippen LogP contribution in [0.3, 0.4) is 0 Å². The normalized spacial score (nSPS) is 15.6. The van der Waals surface area contributed by atoms with Crippen LogP contribution in [-0.4, -0.2) is 44.7 Å². The molecule has 3 aromatic rings. The van der Waals surface area contributed by atoms with E-state index >= 15 is 0 Å². The monoisotopic (exact) mass is 402 g/mol. The van der Waals surface area contributed by atoms with Crippen LogP contribution in [0.15, 0.2) is 84.9 Å². The average Bonchev–Trinajstić information content (AvgIpc) is 2.83. The number of ether oxygens (including phenoxy) is 2. The van der Waals surface area contributed by atoms with Gasteiger partial charge in [-0.25, -0.2) is 0 Å². The third-order valence-corrected chi connectivity index (χ3v) is 5.70. The topological polar surface area (TPSA) is 24.9 Å². The van der Waals surface area contributed by atoms with Crippen LogP contribution in [0.5, 0.6) is 11.5 Å². The minimum absolute atomic E-state index is 0.0563. The molecule has 4 rings (SSSR count).